The number of hydrogen-bond acceptors (Lipinski definition) is 3. The first kappa shape index (κ1) is 15.5. The van der Waals surface area contributed by atoms with Gasteiger partial charge in [-0.05, 0) is 55.5 Å². The smallest absolute Gasteiger partial charge is 0.196 e. The molecule has 0 aliphatic heterocycles. The Morgan fingerprint density at radius 1 is 0.952 bits per heavy atom. The number of phenolic OH excluding ortho intramolecular Hbond substituents is 1. The van der Waals surface area contributed by atoms with Crippen molar-refractivity contribution in [3.05, 3.63) is 48.5 Å². The Kier molecular flexibility index (Phi) is 4.60. The second-order valence-electron chi connectivity index (χ2n) is 4.77. The number of rotatable bonds is 5. The fourth-order valence-electron chi connectivity index (χ4n) is 1.86. The average Bonchev–Trinajstić information content (AvgIpc) is 2.48. The van der Waals surface area contributed by atoms with E-state index < -0.39 is 9.21 Å². The van der Waals surface area contributed by atoms with Gasteiger partial charge in [-0.25, -0.2) is 0 Å². The first-order valence-corrected chi connectivity index (χ1v) is 8.48. The second-order valence-corrected chi connectivity index (χ2v) is 7.48. The lowest BCUT2D eigenvalue weighted by Gasteiger charge is -2.17. The summed E-state index contributed by atoms with van der Waals surface area (Å²) in [7, 11) is -0.00231. The van der Waals surface area contributed by atoms with E-state index in [1.807, 2.05) is 43.3 Å². The van der Waals surface area contributed by atoms with Crippen molar-refractivity contribution in [2.75, 3.05) is 7.11 Å². The molecule has 0 fully saturated rings. The number of aromatic hydroxyl groups is 1. The van der Waals surface area contributed by atoms with Gasteiger partial charge in [-0.3, -0.25) is 0 Å². The highest BCUT2D eigenvalue weighted by molar-refractivity contribution is 8.27. The number of benzene rings is 2. The van der Waals surface area contributed by atoms with Crippen molar-refractivity contribution in [2.24, 2.45) is 0 Å². The molecule has 0 saturated carbocycles. The molecule has 2 aromatic carbocycles. The fourth-order valence-corrected chi connectivity index (χ4v) is 3.45. The van der Waals surface area contributed by atoms with Crippen LogP contribution in [0.1, 0.15) is 6.92 Å². The van der Waals surface area contributed by atoms with Crippen LogP contribution in [0.5, 0.6) is 11.5 Å². The van der Waals surface area contributed by atoms with Gasteiger partial charge in [0.1, 0.15) is 11.5 Å². The Morgan fingerprint density at radius 2 is 1.43 bits per heavy atom. The first-order valence-electron chi connectivity index (χ1n) is 6.51. The Balaban J connectivity index is 2.27. The van der Waals surface area contributed by atoms with Crippen LogP contribution >= 0.6 is 9.21 Å². The van der Waals surface area contributed by atoms with E-state index >= 15 is 0 Å². The van der Waals surface area contributed by atoms with Crippen LogP contribution in [0.4, 0.5) is 0 Å². The Bertz CT molecular complexity index is 686. The molecule has 1 unspecified atom stereocenters. The third-order valence-electron chi connectivity index (χ3n) is 3.20. The maximum absolute atomic E-state index is 9.38. The van der Waals surface area contributed by atoms with Crippen LogP contribution in [0, 0.1) is 0 Å². The minimum absolute atomic E-state index is 0.242. The van der Waals surface area contributed by atoms with Crippen LogP contribution < -0.4 is 4.74 Å². The van der Waals surface area contributed by atoms with E-state index in [1.54, 1.807) is 19.2 Å². The minimum Gasteiger partial charge on any atom is -0.508 e. The zero-order valence-electron chi connectivity index (χ0n) is 12.3. The predicted molar refractivity (Wildman–Crippen MR) is 90.0 cm³/mol. The summed E-state index contributed by atoms with van der Waals surface area (Å²) in [5.74, 6) is 9.53. The van der Waals surface area contributed by atoms with Gasteiger partial charge in [0.25, 0.3) is 0 Å². The molecule has 21 heavy (non-hydrogen) atoms. The average molecular weight is 304 g/mol. The summed E-state index contributed by atoms with van der Waals surface area (Å²) < 4.78 is 10.6. The molecule has 0 heterocycles. The van der Waals surface area contributed by atoms with E-state index in [2.05, 4.69) is 11.7 Å². The van der Waals surface area contributed by atoms with E-state index in [4.69, 9.17) is 9.47 Å². The second kappa shape index (κ2) is 6.24. The third-order valence-corrected chi connectivity index (χ3v) is 5.55. The predicted octanol–water partition coefficient (Wildman–Crippen LogP) is 3.85. The zero-order valence-corrected chi connectivity index (χ0v) is 13.1. The molecule has 0 aliphatic rings. The van der Waals surface area contributed by atoms with Crippen LogP contribution in [0.15, 0.2) is 58.3 Å². The van der Waals surface area contributed by atoms with Gasteiger partial charge in [0.2, 0.25) is 0 Å². The molecule has 0 radical (unpaired) electrons. The standard InChI is InChI=1S/C17H20O3S/c1-13(19-2)20-15-7-11-17(12-8-15)21(3,4)16-9-5-14(18)6-10-16/h5-13,18H,3-4H2,1-2H3. The summed E-state index contributed by atoms with van der Waals surface area (Å²) >= 11 is 0. The van der Waals surface area contributed by atoms with Gasteiger partial charge in [0, 0.05) is 16.9 Å². The molecule has 1 atom stereocenters. The van der Waals surface area contributed by atoms with Gasteiger partial charge in [-0.15, -0.1) is 0 Å². The molecule has 112 valence electrons. The van der Waals surface area contributed by atoms with Crippen molar-refractivity contribution in [3.63, 3.8) is 0 Å². The Morgan fingerprint density at radius 3 is 1.90 bits per heavy atom. The molecular formula is C17H20O3S. The highest BCUT2D eigenvalue weighted by Crippen LogP contribution is 2.41. The molecule has 0 aromatic heterocycles. The topological polar surface area (TPSA) is 38.7 Å². The van der Waals surface area contributed by atoms with E-state index in [9.17, 15) is 5.11 Å². The van der Waals surface area contributed by atoms with Gasteiger partial charge in [0.15, 0.2) is 6.29 Å². The molecule has 3 nitrogen and oxygen atoms in total. The molecule has 2 rings (SSSR count). The molecule has 0 spiro atoms. The highest BCUT2D eigenvalue weighted by Gasteiger charge is 2.07. The molecule has 0 aliphatic carbocycles. The van der Waals surface area contributed by atoms with Crippen LogP contribution in [0.25, 0.3) is 0 Å². The van der Waals surface area contributed by atoms with Crippen LogP contribution in [0.2, 0.25) is 0 Å². The molecule has 0 bridgehead atoms. The van der Waals surface area contributed by atoms with E-state index in [-0.39, 0.29) is 12.0 Å². The lowest BCUT2D eigenvalue weighted by molar-refractivity contribution is -0.0383. The van der Waals surface area contributed by atoms with Gasteiger partial charge in [-0.1, -0.05) is 11.7 Å². The largest absolute Gasteiger partial charge is 0.508 e. The summed E-state index contributed by atoms with van der Waals surface area (Å²) in [5.41, 5.74) is 0. The van der Waals surface area contributed by atoms with Gasteiger partial charge in [-0.2, -0.15) is 9.21 Å². The molecule has 2 aromatic rings. The van der Waals surface area contributed by atoms with Crippen LogP contribution in [0.3, 0.4) is 0 Å². The Hall–Kier alpha value is -1.91. The summed E-state index contributed by atoms with van der Waals surface area (Å²) in [5, 5.41) is 9.38. The van der Waals surface area contributed by atoms with Crippen LogP contribution in [-0.2, 0) is 4.74 Å². The maximum Gasteiger partial charge on any atom is 0.196 e. The SMILES string of the molecule is C=S(=C)(c1ccc(O)cc1)c1ccc(OC(C)OC)cc1. The molecule has 0 amide bonds. The highest BCUT2D eigenvalue weighted by atomic mass is 32.2. The van der Waals surface area contributed by atoms with Crippen molar-refractivity contribution in [1.29, 1.82) is 0 Å². The monoisotopic (exact) mass is 304 g/mol. The lowest BCUT2D eigenvalue weighted by atomic mass is 10.3. The van der Waals surface area contributed by atoms with Crippen molar-refractivity contribution < 1.29 is 14.6 Å². The fraction of sp³-hybridized carbons (Fsp3) is 0.176. The van der Waals surface area contributed by atoms with Crippen molar-refractivity contribution in [2.45, 2.75) is 23.0 Å². The zero-order chi connectivity index (χ0) is 15.5. The van der Waals surface area contributed by atoms with Crippen molar-refractivity contribution in [3.8, 4) is 11.5 Å². The molecule has 0 saturated heterocycles. The van der Waals surface area contributed by atoms with E-state index in [0.29, 0.717) is 0 Å². The molecular weight excluding hydrogens is 284 g/mol. The van der Waals surface area contributed by atoms with Crippen molar-refractivity contribution >= 4 is 20.9 Å². The van der Waals surface area contributed by atoms with E-state index in [1.165, 1.54) is 0 Å². The summed E-state index contributed by atoms with van der Waals surface area (Å²) in [6, 6.07) is 14.8. The summed E-state index contributed by atoms with van der Waals surface area (Å²) in [6.45, 7) is 1.84. The lowest BCUT2D eigenvalue weighted by Crippen LogP contribution is -2.13. The van der Waals surface area contributed by atoms with Crippen LogP contribution in [-0.4, -0.2) is 30.2 Å². The normalized spacial score (nSPS) is 12.9. The number of phenols is 1. The summed E-state index contributed by atoms with van der Waals surface area (Å²) in [4.78, 5) is 2.06. The first-order chi connectivity index (χ1) is 9.93. The van der Waals surface area contributed by atoms with E-state index in [0.717, 1.165) is 15.5 Å². The van der Waals surface area contributed by atoms with Gasteiger partial charge < -0.3 is 14.6 Å². The van der Waals surface area contributed by atoms with Gasteiger partial charge in [0.05, 0.1) is 0 Å². The summed E-state index contributed by atoms with van der Waals surface area (Å²) in [6.07, 6.45) is -0.287. The molecule has 1 N–H and O–H groups in total. The van der Waals surface area contributed by atoms with Gasteiger partial charge >= 0.3 is 0 Å². The number of hydrogen-bond donors (Lipinski definition) is 1. The maximum atomic E-state index is 9.38. The van der Waals surface area contributed by atoms with Crippen molar-refractivity contribution in [1.82, 2.24) is 0 Å². The number of methoxy groups -OCH3 is 1. The Labute approximate surface area is 126 Å². The minimum atomic E-state index is -1.60. The molecule has 4 heteroatoms. The quantitative estimate of drug-likeness (QED) is 0.673. The number of ether oxygens (including phenoxy) is 2. The third kappa shape index (κ3) is 3.60.